The first-order valence-corrected chi connectivity index (χ1v) is 5.70. The standard InChI is InChI=1S/C12H20O2/c1-11(2)5-3-9(4-6-11)12(7-8-12)10(13)14/h9H,3-8H2,1-2H3,(H,13,14). The zero-order chi connectivity index (χ0) is 10.4. The molecule has 1 N–H and O–H groups in total. The zero-order valence-corrected chi connectivity index (χ0v) is 9.18. The van der Waals surface area contributed by atoms with Crippen LogP contribution in [0.5, 0.6) is 0 Å². The van der Waals surface area contributed by atoms with Crippen LogP contribution in [-0.2, 0) is 4.79 Å². The molecule has 0 atom stereocenters. The summed E-state index contributed by atoms with van der Waals surface area (Å²) in [6.07, 6.45) is 6.50. The second kappa shape index (κ2) is 2.98. The normalized spacial score (nSPS) is 29.9. The molecule has 0 heterocycles. The predicted molar refractivity (Wildman–Crippen MR) is 55.0 cm³/mol. The lowest BCUT2D eigenvalue weighted by atomic mass is 9.68. The third kappa shape index (κ3) is 1.55. The van der Waals surface area contributed by atoms with Gasteiger partial charge in [-0.25, -0.2) is 0 Å². The highest BCUT2D eigenvalue weighted by molar-refractivity contribution is 5.78. The molecule has 0 aliphatic heterocycles. The van der Waals surface area contributed by atoms with E-state index in [2.05, 4.69) is 13.8 Å². The van der Waals surface area contributed by atoms with Gasteiger partial charge in [0, 0.05) is 0 Å². The Balaban J connectivity index is 1.99. The van der Waals surface area contributed by atoms with E-state index in [4.69, 9.17) is 0 Å². The number of carboxylic acid groups (broad SMARTS) is 1. The minimum Gasteiger partial charge on any atom is -0.481 e. The highest BCUT2D eigenvalue weighted by Gasteiger charge is 2.56. The maximum absolute atomic E-state index is 11.1. The zero-order valence-electron chi connectivity index (χ0n) is 9.18. The monoisotopic (exact) mass is 196 g/mol. The fourth-order valence-corrected chi connectivity index (χ4v) is 2.88. The van der Waals surface area contributed by atoms with Crippen molar-refractivity contribution in [1.29, 1.82) is 0 Å². The van der Waals surface area contributed by atoms with Gasteiger partial charge in [0.1, 0.15) is 0 Å². The molecular weight excluding hydrogens is 176 g/mol. The second-order valence-corrected chi connectivity index (χ2v) is 5.90. The molecule has 0 spiro atoms. The van der Waals surface area contributed by atoms with E-state index in [1.807, 2.05) is 0 Å². The average molecular weight is 196 g/mol. The molecule has 2 saturated carbocycles. The molecule has 0 bridgehead atoms. The minimum absolute atomic E-state index is 0.295. The molecule has 0 saturated heterocycles. The van der Waals surface area contributed by atoms with Gasteiger partial charge < -0.3 is 5.11 Å². The van der Waals surface area contributed by atoms with Gasteiger partial charge in [0.05, 0.1) is 5.41 Å². The Hall–Kier alpha value is -0.530. The predicted octanol–water partition coefficient (Wildman–Crippen LogP) is 3.07. The molecule has 2 fully saturated rings. The van der Waals surface area contributed by atoms with Crippen molar-refractivity contribution in [2.24, 2.45) is 16.7 Å². The lowest BCUT2D eigenvalue weighted by Gasteiger charge is -2.36. The summed E-state index contributed by atoms with van der Waals surface area (Å²) in [5, 5.41) is 9.19. The van der Waals surface area contributed by atoms with Crippen molar-refractivity contribution in [3.05, 3.63) is 0 Å². The first-order chi connectivity index (χ1) is 6.46. The van der Waals surface area contributed by atoms with Crippen LogP contribution in [0.25, 0.3) is 0 Å². The van der Waals surface area contributed by atoms with E-state index in [0.717, 1.165) is 25.7 Å². The molecule has 2 rings (SSSR count). The van der Waals surface area contributed by atoms with Crippen molar-refractivity contribution in [2.45, 2.75) is 52.4 Å². The first-order valence-electron chi connectivity index (χ1n) is 5.70. The highest BCUT2D eigenvalue weighted by Crippen LogP contribution is 2.58. The molecule has 0 aromatic carbocycles. The van der Waals surface area contributed by atoms with Crippen LogP contribution in [0, 0.1) is 16.7 Å². The van der Waals surface area contributed by atoms with Gasteiger partial charge in [-0.3, -0.25) is 4.79 Å². The Morgan fingerprint density at radius 3 is 2.00 bits per heavy atom. The number of hydrogen-bond acceptors (Lipinski definition) is 1. The Labute approximate surface area is 85.7 Å². The highest BCUT2D eigenvalue weighted by atomic mass is 16.4. The van der Waals surface area contributed by atoms with E-state index >= 15 is 0 Å². The molecule has 2 aliphatic rings. The molecule has 2 heteroatoms. The van der Waals surface area contributed by atoms with Gasteiger partial charge in [-0.2, -0.15) is 0 Å². The quantitative estimate of drug-likeness (QED) is 0.737. The summed E-state index contributed by atoms with van der Waals surface area (Å²) in [5.74, 6) is -0.0739. The Morgan fingerprint density at radius 2 is 1.64 bits per heavy atom. The van der Waals surface area contributed by atoms with Crippen molar-refractivity contribution in [1.82, 2.24) is 0 Å². The van der Waals surface area contributed by atoms with Gasteiger partial charge in [-0.15, -0.1) is 0 Å². The lowest BCUT2D eigenvalue weighted by molar-refractivity contribution is -0.146. The SMILES string of the molecule is CC1(C)CCC(C2(C(=O)O)CC2)CC1. The maximum atomic E-state index is 11.1. The molecule has 0 aromatic heterocycles. The van der Waals surface area contributed by atoms with Crippen LogP contribution >= 0.6 is 0 Å². The molecule has 0 aromatic rings. The summed E-state index contributed by atoms with van der Waals surface area (Å²) < 4.78 is 0. The Kier molecular flexibility index (Phi) is 2.13. The van der Waals surface area contributed by atoms with Gasteiger partial charge in [0.15, 0.2) is 0 Å². The number of carbonyl (C=O) groups is 1. The number of hydrogen-bond donors (Lipinski definition) is 1. The van der Waals surface area contributed by atoms with Crippen LogP contribution in [0.1, 0.15) is 52.4 Å². The molecule has 2 aliphatic carbocycles. The number of aliphatic carboxylic acids is 1. The third-order valence-corrected chi connectivity index (χ3v) is 4.34. The van der Waals surface area contributed by atoms with Crippen molar-refractivity contribution < 1.29 is 9.90 Å². The third-order valence-electron chi connectivity index (χ3n) is 4.34. The van der Waals surface area contributed by atoms with E-state index in [1.54, 1.807) is 0 Å². The summed E-state index contributed by atoms with van der Waals surface area (Å²) in [6, 6.07) is 0. The summed E-state index contributed by atoms with van der Waals surface area (Å²) in [5.41, 5.74) is 0.154. The van der Waals surface area contributed by atoms with Crippen LogP contribution in [0.3, 0.4) is 0 Å². The van der Waals surface area contributed by atoms with E-state index in [1.165, 1.54) is 12.8 Å². The minimum atomic E-state index is -0.540. The van der Waals surface area contributed by atoms with E-state index in [9.17, 15) is 9.90 Å². The largest absolute Gasteiger partial charge is 0.481 e. The topological polar surface area (TPSA) is 37.3 Å². The van der Waals surface area contributed by atoms with Crippen LogP contribution < -0.4 is 0 Å². The van der Waals surface area contributed by atoms with E-state index in [-0.39, 0.29) is 5.41 Å². The van der Waals surface area contributed by atoms with Gasteiger partial charge in [-0.1, -0.05) is 13.8 Å². The number of rotatable bonds is 2. The molecule has 2 nitrogen and oxygen atoms in total. The lowest BCUT2D eigenvalue weighted by Crippen LogP contribution is -2.31. The van der Waals surface area contributed by atoms with Gasteiger partial charge >= 0.3 is 5.97 Å². The van der Waals surface area contributed by atoms with Crippen molar-refractivity contribution in [3.8, 4) is 0 Å². The van der Waals surface area contributed by atoms with Crippen molar-refractivity contribution in [3.63, 3.8) is 0 Å². The van der Waals surface area contributed by atoms with Crippen LogP contribution in [0.2, 0.25) is 0 Å². The molecule has 0 amide bonds. The van der Waals surface area contributed by atoms with Gasteiger partial charge in [0.25, 0.3) is 0 Å². The first kappa shape index (κ1) is 10.0. The van der Waals surface area contributed by atoms with Crippen molar-refractivity contribution >= 4 is 5.97 Å². The van der Waals surface area contributed by atoms with E-state index in [0.29, 0.717) is 11.3 Å². The molecule has 80 valence electrons. The summed E-state index contributed by atoms with van der Waals surface area (Å²) in [7, 11) is 0. The van der Waals surface area contributed by atoms with E-state index < -0.39 is 5.97 Å². The summed E-state index contributed by atoms with van der Waals surface area (Å²) in [4.78, 5) is 11.1. The second-order valence-electron chi connectivity index (χ2n) is 5.90. The van der Waals surface area contributed by atoms with Crippen LogP contribution in [0.15, 0.2) is 0 Å². The fourth-order valence-electron chi connectivity index (χ4n) is 2.88. The summed E-state index contributed by atoms with van der Waals surface area (Å²) in [6.45, 7) is 4.59. The molecule has 0 radical (unpaired) electrons. The smallest absolute Gasteiger partial charge is 0.309 e. The summed E-state index contributed by atoms with van der Waals surface area (Å²) >= 11 is 0. The average Bonchev–Trinajstić information content (AvgIpc) is 2.84. The van der Waals surface area contributed by atoms with Gasteiger partial charge in [-0.05, 0) is 49.9 Å². The molecular formula is C12H20O2. The molecule has 0 unspecified atom stereocenters. The fraction of sp³-hybridized carbons (Fsp3) is 0.917. The van der Waals surface area contributed by atoms with Gasteiger partial charge in [0.2, 0.25) is 0 Å². The number of carboxylic acids is 1. The maximum Gasteiger partial charge on any atom is 0.309 e. The van der Waals surface area contributed by atoms with Crippen LogP contribution in [-0.4, -0.2) is 11.1 Å². The Morgan fingerprint density at radius 1 is 1.14 bits per heavy atom. The molecule has 14 heavy (non-hydrogen) atoms. The van der Waals surface area contributed by atoms with Crippen molar-refractivity contribution in [2.75, 3.05) is 0 Å². The van der Waals surface area contributed by atoms with Crippen LogP contribution in [0.4, 0.5) is 0 Å². The Bertz CT molecular complexity index is 241.